The molecule has 9 heavy (non-hydrogen) atoms. The summed E-state index contributed by atoms with van der Waals surface area (Å²) in [4.78, 5) is 0. The van der Waals surface area contributed by atoms with Gasteiger partial charge in [0.15, 0.2) is 5.75 Å². The van der Waals surface area contributed by atoms with E-state index in [-0.39, 0.29) is 0 Å². The third-order valence-corrected chi connectivity index (χ3v) is 1.33. The number of thiol groups is 1. The second kappa shape index (κ2) is 2.82. The lowest BCUT2D eigenvalue weighted by Gasteiger charge is -1.86. The molecule has 0 aliphatic carbocycles. The summed E-state index contributed by atoms with van der Waals surface area (Å²) in [7, 11) is 1.60. The van der Waals surface area contributed by atoms with E-state index in [1.165, 1.54) is 0 Å². The summed E-state index contributed by atoms with van der Waals surface area (Å²) >= 11 is 4.01. The van der Waals surface area contributed by atoms with Crippen LogP contribution in [-0.2, 0) is 5.75 Å². The highest BCUT2D eigenvalue weighted by Crippen LogP contribution is 2.15. The normalized spacial score (nSPS) is 9.56. The molecular formula is C6H8O2S. The summed E-state index contributed by atoms with van der Waals surface area (Å²) in [5, 5.41) is 0. The van der Waals surface area contributed by atoms with E-state index in [2.05, 4.69) is 12.6 Å². The van der Waals surface area contributed by atoms with E-state index >= 15 is 0 Å². The van der Waals surface area contributed by atoms with Gasteiger partial charge in [0, 0.05) is 11.8 Å². The Bertz CT molecular complexity index is 164. The number of hydrogen-bond acceptors (Lipinski definition) is 3. The van der Waals surface area contributed by atoms with E-state index < -0.39 is 0 Å². The van der Waals surface area contributed by atoms with Crippen molar-refractivity contribution in [3.05, 3.63) is 18.1 Å². The molecule has 1 aromatic heterocycles. The Morgan fingerprint density at radius 2 is 2.56 bits per heavy atom. The summed E-state index contributed by atoms with van der Waals surface area (Å²) in [6, 6.07) is 1.81. The highest BCUT2D eigenvalue weighted by atomic mass is 32.1. The highest BCUT2D eigenvalue weighted by Gasteiger charge is 1.96. The molecule has 0 N–H and O–H groups in total. The lowest BCUT2D eigenvalue weighted by Crippen LogP contribution is -1.76. The van der Waals surface area contributed by atoms with Crippen molar-refractivity contribution in [3.8, 4) is 5.75 Å². The van der Waals surface area contributed by atoms with Gasteiger partial charge in [0.05, 0.1) is 7.11 Å². The van der Waals surface area contributed by atoms with E-state index in [0.29, 0.717) is 5.75 Å². The molecule has 0 aromatic carbocycles. The molecule has 2 nitrogen and oxygen atoms in total. The van der Waals surface area contributed by atoms with Crippen molar-refractivity contribution in [1.29, 1.82) is 0 Å². The third-order valence-electron chi connectivity index (χ3n) is 1.02. The van der Waals surface area contributed by atoms with Crippen molar-refractivity contribution in [2.45, 2.75) is 5.75 Å². The summed E-state index contributed by atoms with van der Waals surface area (Å²) < 4.78 is 9.87. The fraction of sp³-hybridized carbons (Fsp3) is 0.333. The van der Waals surface area contributed by atoms with Crippen LogP contribution in [0.2, 0.25) is 0 Å². The van der Waals surface area contributed by atoms with Crippen molar-refractivity contribution in [1.82, 2.24) is 0 Å². The largest absolute Gasteiger partial charge is 0.493 e. The van der Waals surface area contributed by atoms with Crippen LogP contribution in [0.25, 0.3) is 0 Å². The Hall–Kier alpha value is -0.570. The van der Waals surface area contributed by atoms with Crippen LogP contribution in [0.1, 0.15) is 5.76 Å². The third kappa shape index (κ3) is 1.42. The second-order valence-corrected chi connectivity index (χ2v) is 1.93. The van der Waals surface area contributed by atoms with Crippen molar-refractivity contribution in [2.75, 3.05) is 7.11 Å². The van der Waals surface area contributed by atoms with Gasteiger partial charge in [-0.2, -0.15) is 12.6 Å². The minimum absolute atomic E-state index is 0.614. The number of hydrogen-bond donors (Lipinski definition) is 1. The van der Waals surface area contributed by atoms with Gasteiger partial charge in [0.2, 0.25) is 0 Å². The number of ether oxygens (including phenoxy) is 1. The maximum absolute atomic E-state index is 5.00. The maximum atomic E-state index is 5.00. The standard InChI is InChI=1S/C6H8O2S/c1-7-5-2-6(4-9)8-3-5/h2-3,9H,4H2,1H3. The van der Waals surface area contributed by atoms with E-state index in [0.717, 1.165) is 11.5 Å². The van der Waals surface area contributed by atoms with Gasteiger partial charge in [-0.1, -0.05) is 0 Å². The molecule has 1 aromatic rings. The molecular weight excluding hydrogens is 136 g/mol. The Balaban J connectivity index is 2.74. The molecule has 0 aliphatic heterocycles. The van der Waals surface area contributed by atoms with Gasteiger partial charge in [-0.15, -0.1) is 0 Å². The number of methoxy groups -OCH3 is 1. The van der Waals surface area contributed by atoms with Gasteiger partial charge in [-0.3, -0.25) is 0 Å². The molecule has 0 saturated heterocycles. The molecule has 1 rings (SSSR count). The van der Waals surface area contributed by atoms with Gasteiger partial charge in [-0.25, -0.2) is 0 Å². The summed E-state index contributed by atoms with van der Waals surface area (Å²) in [6.07, 6.45) is 1.56. The van der Waals surface area contributed by atoms with E-state index in [4.69, 9.17) is 9.15 Å². The van der Waals surface area contributed by atoms with Gasteiger partial charge in [0.25, 0.3) is 0 Å². The summed E-state index contributed by atoms with van der Waals surface area (Å²) in [6.45, 7) is 0. The minimum atomic E-state index is 0.614. The summed E-state index contributed by atoms with van der Waals surface area (Å²) in [5.41, 5.74) is 0. The molecule has 0 saturated carbocycles. The Morgan fingerprint density at radius 1 is 1.78 bits per heavy atom. The van der Waals surface area contributed by atoms with Crippen LogP contribution in [0, 0.1) is 0 Å². The highest BCUT2D eigenvalue weighted by molar-refractivity contribution is 7.79. The average Bonchev–Trinajstić information content (AvgIpc) is 2.34. The van der Waals surface area contributed by atoms with E-state index in [1.54, 1.807) is 13.4 Å². The summed E-state index contributed by atoms with van der Waals surface area (Å²) in [5.74, 6) is 2.19. The van der Waals surface area contributed by atoms with Crippen LogP contribution in [0.5, 0.6) is 5.75 Å². The first kappa shape index (κ1) is 6.55. The fourth-order valence-electron chi connectivity index (χ4n) is 0.550. The quantitative estimate of drug-likeness (QED) is 0.638. The Morgan fingerprint density at radius 3 is 2.89 bits per heavy atom. The van der Waals surface area contributed by atoms with Crippen LogP contribution < -0.4 is 4.74 Å². The number of rotatable bonds is 2. The molecule has 0 fully saturated rings. The Labute approximate surface area is 59.2 Å². The first-order valence-corrected chi connectivity index (χ1v) is 3.22. The molecule has 0 amide bonds. The topological polar surface area (TPSA) is 22.4 Å². The van der Waals surface area contributed by atoms with Gasteiger partial charge >= 0.3 is 0 Å². The van der Waals surface area contributed by atoms with E-state index in [1.807, 2.05) is 6.07 Å². The zero-order chi connectivity index (χ0) is 6.69. The predicted octanol–water partition coefficient (Wildman–Crippen LogP) is 1.72. The van der Waals surface area contributed by atoms with Crippen LogP contribution in [0.4, 0.5) is 0 Å². The molecule has 0 bridgehead atoms. The van der Waals surface area contributed by atoms with Crippen LogP contribution in [0.15, 0.2) is 16.7 Å². The van der Waals surface area contributed by atoms with Crippen LogP contribution in [-0.4, -0.2) is 7.11 Å². The molecule has 0 atom stereocenters. The molecule has 50 valence electrons. The zero-order valence-corrected chi connectivity index (χ0v) is 6.02. The Kier molecular flexibility index (Phi) is 2.05. The van der Waals surface area contributed by atoms with Crippen molar-refractivity contribution in [2.24, 2.45) is 0 Å². The minimum Gasteiger partial charge on any atom is -0.493 e. The molecule has 0 unspecified atom stereocenters. The van der Waals surface area contributed by atoms with Crippen molar-refractivity contribution < 1.29 is 9.15 Å². The molecule has 3 heteroatoms. The van der Waals surface area contributed by atoms with Gasteiger partial charge in [0.1, 0.15) is 12.0 Å². The first-order chi connectivity index (χ1) is 4.36. The zero-order valence-electron chi connectivity index (χ0n) is 5.13. The molecule has 1 heterocycles. The lowest BCUT2D eigenvalue weighted by atomic mass is 10.5. The number of furan rings is 1. The molecule has 0 spiro atoms. The SMILES string of the molecule is COc1coc(CS)c1. The smallest absolute Gasteiger partial charge is 0.157 e. The molecule has 0 aliphatic rings. The maximum Gasteiger partial charge on any atom is 0.157 e. The average molecular weight is 144 g/mol. The monoisotopic (exact) mass is 144 g/mol. The van der Waals surface area contributed by atoms with Crippen LogP contribution in [0.3, 0.4) is 0 Å². The predicted molar refractivity (Wildman–Crippen MR) is 38.0 cm³/mol. The van der Waals surface area contributed by atoms with E-state index in [9.17, 15) is 0 Å². The van der Waals surface area contributed by atoms with Crippen molar-refractivity contribution >= 4 is 12.6 Å². The van der Waals surface area contributed by atoms with Gasteiger partial charge < -0.3 is 9.15 Å². The molecule has 0 radical (unpaired) electrons. The first-order valence-electron chi connectivity index (χ1n) is 2.59. The van der Waals surface area contributed by atoms with Gasteiger partial charge in [-0.05, 0) is 0 Å². The van der Waals surface area contributed by atoms with Crippen LogP contribution >= 0.6 is 12.6 Å². The fourth-order valence-corrected chi connectivity index (χ4v) is 0.716. The second-order valence-electron chi connectivity index (χ2n) is 1.61. The van der Waals surface area contributed by atoms with Crippen molar-refractivity contribution in [3.63, 3.8) is 0 Å². The lowest BCUT2D eigenvalue weighted by molar-refractivity contribution is 0.405.